The van der Waals surface area contributed by atoms with Gasteiger partial charge in [0.15, 0.2) is 0 Å². The predicted molar refractivity (Wildman–Crippen MR) is 234 cm³/mol. The van der Waals surface area contributed by atoms with Crippen molar-refractivity contribution in [2.75, 3.05) is 4.90 Å². The minimum Gasteiger partial charge on any atom is -0.455 e. The summed E-state index contributed by atoms with van der Waals surface area (Å²) in [5, 5.41) is 9.06. The molecule has 56 heavy (non-hydrogen) atoms. The molecule has 264 valence electrons. The highest BCUT2D eigenvalue weighted by Gasteiger charge is 2.36. The summed E-state index contributed by atoms with van der Waals surface area (Å²) >= 11 is 0. The van der Waals surface area contributed by atoms with E-state index in [9.17, 15) is 0 Å². The summed E-state index contributed by atoms with van der Waals surface area (Å²) in [6.45, 7) is 4.69. The summed E-state index contributed by atoms with van der Waals surface area (Å²) in [4.78, 5) is 2.40. The molecule has 0 saturated heterocycles. The first-order valence-corrected chi connectivity index (χ1v) is 19.3. The van der Waals surface area contributed by atoms with E-state index in [1.165, 1.54) is 33.0 Å². The largest absolute Gasteiger partial charge is 0.455 e. The molecule has 1 aliphatic carbocycles. The number of anilines is 3. The van der Waals surface area contributed by atoms with E-state index in [4.69, 9.17) is 8.83 Å². The van der Waals surface area contributed by atoms with Gasteiger partial charge in [-0.1, -0.05) is 141 Å². The maximum absolute atomic E-state index is 7.10. The van der Waals surface area contributed by atoms with Crippen LogP contribution in [-0.2, 0) is 5.41 Å². The van der Waals surface area contributed by atoms with Gasteiger partial charge in [0, 0.05) is 60.9 Å². The molecule has 1 aliphatic rings. The summed E-state index contributed by atoms with van der Waals surface area (Å²) < 4.78 is 13.7. The molecule has 0 unspecified atom stereocenters. The highest BCUT2D eigenvalue weighted by molar-refractivity contribution is 6.22. The number of furan rings is 2. The monoisotopic (exact) mass is 717 g/mol. The number of rotatable bonds is 4. The fourth-order valence-electron chi connectivity index (χ4n) is 9.58. The van der Waals surface area contributed by atoms with Gasteiger partial charge < -0.3 is 13.7 Å². The quantitative estimate of drug-likeness (QED) is 0.182. The van der Waals surface area contributed by atoms with E-state index < -0.39 is 0 Å². The maximum atomic E-state index is 7.10. The molecule has 9 aromatic carbocycles. The van der Waals surface area contributed by atoms with E-state index in [-0.39, 0.29) is 5.41 Å². The molecule has 2 heterocycles. The van der Waals surface area contributed by atoms with Crippen LogP contribution in [0.15, 0.2) is 185 Å². The summed E-state index contributed by atoms with van der Waals surface area (Å²) in [6.07, 6.45) is 0. The summed E-state index contributed by atoms with van der Waals surface area (Å²) in [5.74, 6) is 0. The molecule has 0 atom stereocenters. The number of para-hydroxylation sites is 2. The molecule has 3 heteroatoms. The maximum Gasteiger partial charge on any atom is 0.144 e. The molecule has 0 saturated carbocycles. The van der Waals surface area contributed by atoms with Crippen LogP contribution in [0.5, 0.6) is 0 Å². The standard InChI is InChI=1S/C53H35NO2/c1-53(2)45-22-9-7-18-38(45)39-27-25-34(30-46(39)53)54(47-23-11-15-32-13-3-5-16-36(32)47)35-26-28-41-44-29-33-14-4-6-17-37(33)50(52(44)56-49(41)31-35)43-21-12-20-42-40-19-8-10-24-48(40)55-51(42)43/h3-31H,1-2H3. The smallest absolute Gasteiger partial charge is 0.144 e. The second-order valence-electron chi connectivity index (χ2n) is 15.6. The Bertz CT molecular complexity index is 3410. The number of fused-ring (bicyclic) bond motifs is 11. The fourth-order valence-corrected chi connectivity index (χ4v) is 9.58. The Labute approximate surface area is 323 Å². The minimum atomic E-state index is -0.129. The SMILES string of the molecule is CC1(C)c2ccccc2-c2ccc(N(c3ccc4c(c3)oc3c(-c5cccc6c5oc5ccccc56)c5ccccc5cc34)c3cccc4ccccc34)cc21. The Morgan fingerprint density at radius 3 is 1.93 bits per heavy atom. The van der Waals surface area contributed by atoms with Gasteiger partial charge in [0.05, 0.1) is 5.69 Å². The van der Waals surface area contributed by atoms with Crippen molar-refractivity contribution in [3.8, 4) is 22.3 Å². The van der Waals surface area contributed by atoms with Crippen LogP contribution in [0.3, 0.4) is 0 Å². The van der Waals surface area contributed by atoms with Crippen LogP contribution in [0.2, 0.25) is 0 Å². The van der Waals surface area contributed by atoms with Gasteiger partial charge in [-0.25, -0.2) is 0 Å². The Balaban J connectivity index is 1.11. The molecule has 0 N–H and O–H groups in total. The second kappa shape index (κ2) is 11.5. The van der Waals surface area contributed by atoms with Crippen LogP contribution >= 0.6 is 0 Å². The van der Waals surface area contributed by atoms with Gasteiger partial charge in [-0.15, -0.1) is 0 Å². The molecule has 3 nitrogen and oxygen atoms in total. The molecule has 2 aromatic heterocycles. The number of hydrogen-bond acceptors (Lipinski definition) is 3. The molecule has 0 radical (unpaired) electrons. The zero-order chi connectivity index (χ0) is 37.1. The Morgan fingerprint density at radius 1 is 0.393 bits per heavy atom. The normalized spacial score (nSPS) is 13.3. The lowest BCUT2D eigenvalue weighted by atomic mass is 9.82. The molecule has 0 amide bonds. The van der Waals surface area contributed by atoms with E-state index in [2.05, 4.69) is 183 Å². The van der Waals surface area contributed by atoms with Crippen molar-refractivity contribution in [2.24, 2.45) is 0 Å². The van der Waals surface area contributed by atoms with Gasteiger partial charge in [-0.05, 0) is 80.9 Å². The van der Waals surface area contributed by atoms with E-state index in [1.807, 2.05) is 12.1 Å². The van der Waals surface area contributed by atoms with Gasteiger partial charge in [-0.3, -0.25) is 0 Å². The molecular weight excluding hydrogens is 683 g/mol. The Kier molecular flexibility index (Phi) is 6.40. The van der Waals surface area contributed by atoms with Gasteiger partial charge in [-0.2, -0.15) is 0 Å². The Morgan fingerprint density at radius 2 is 1.02 bits per heavy atom. The van der Waals surface area contributed by atoms with E-state index in [0.717, 1.165) is 82.8 Å². The van der Waals surface area contributed by atoms with Crippen molar-refractivity contribution in [3.05, 3.63) is 187 Å². The summed E-state index contributed by atoms with van der Waals surface area (Å²) in [6, 6.07) is 63.4. The van der Waals surface area contributed by atoms with Crippen molar-refractivity contribution < 1.29 is 8.83 Å². The highest BCUT2D eigenvalue weighted by atomic mass is 16.3. The van der Waals surface area contributed by atoms with Crippen LogP contribution < -0.4 is 4.90 Å². The molecule has 12 rings (SSSR count). The van der Waals surface area contributed by atoms with Crippen molar-refractivity contribution in [1.82, 2.24) is 0 Å². The van der Waals surface area contributed by atoms with Gasteiger partial charge in [0.1, 0.15) is 22.3 Å². The average Bonchev–Trinajstić information content (AvgIpc) is 3.87. The molecule has 0 fully saturated rings. The summed E-state index contributed by atoms with van der Waals surface area (Å²) in [7, 11) is 0. The zero-order valence-electron chi connectivity index (χ0n) is 31.0. The van der Waals surface area contributed by atoms with Crippen molar-refractivity contribution in [2.45, 2.75) is 19.3 Å². The highest BCUT2D eigenvalue weighted by Crippen LogP contribution is 2.52. The average molecular weight is 718 g/mol. The molecule has 0 aliphatic heterocycles. The van der Waals surface area contributed by atoms with Gasteiger partial charge in [0.25, 0.3) is 0 Å². The third-order valence-corrected chi connectivity index (χ3v) is 12.2. The van der Waals surface area contributed by atoms with Crippen molar-refractivity contribution in [1.29, 1.82) is 0 Å². The molecule has 11 aromatic rings. The van der Waals surface area contributed by atoms with E-state index in [1.54, 1.807) is 0 Å². The fraction of sp³-hybridized carbons (Fsp3) is 0.0566. The molecule has 0 spiro atoms. The lowest BCUT2D eigenvalue weighted by molar-refractivity contribution is 0.660. The van der Waals surface area contributed by atoms with Crippen LogP contribution in [0.1, 0.15) is 25.0 Å². The minimum absolute atomic E-state index is 0.129. The second-order valence-corrected chi connectivity index (χ2v) is 15.6. The molecular formula is C53H35NO2. The van der Waals surface area contributed by atoms with Crippen LogP contribution in [0, 0.1) is 0 Å². The van der Waals surface area contributed by atoms with Gasteiger partial charge >= 0.3 is 0 Å². The van der Waals surface area contributed by atoms with Crippen molar-refractivity contribution in [3.63, 3.8) is 0 Å². The predicted octanol–water partition coefficient (Wildman–Crippen LogP) is 15.2. The first kappa shape index (κ1) is 31.3. The summed E-state index contributed by atoms with van der Waals surface area (Å²) in [5.41, 5.74) is 14.0. The van der Waals surface area contributed by atoms with Crippen LogP contribution in [0.4, 0.5) is 17.1 Å². The van der Waals surface area contributed by atoms with E-state index >= 15 is 0 Å². The lowest BCUT2D eigenvalue weighted by Crippen LogP contribution is -2.16. The lowest BCUT2D eigenvalue weighted by Gasteiger charge is -2.29. The topological polar surface area (TPSA) is 29.5 Å². The number of benzene rings is 9. The van der Waals surface area contributed by atoms with Crippen molar-refractivity contribution >= 4 is 82.5 Å². The first-order chi connectivity index (χ1) is 27.5. The third-order valence-electron chi connectivity index (χ3n) is 12.2. The molecule has 0 bridgehead atoms. The van der Waals surface area contributed by atoms with Crippen LogP contribution in [-0.4, -0.2) is 0 Å². The zero-order valence-corrected chi connectivity index (χ0v) is 31.0. The van der Waals surface area contributed by atoms with Crippen LogP contribution in [0.25, 0.3) is 87.7 Å². The Hall–Kier alpha value is -7.10. The number of nitrogens with zero attached hydrogens (tertiary/aromatic N) is 1. The van der Waals surface area contributed by atoms with E-state index in [0.29, 0.717) is 0 Å². The first-order valence-electron chi connectivity index (χ1n) is 19.3. The van der Waals surface area contributed by atoms with Gasteiger partial charge in [0.2, 0.25) is 0 Å². The third kappa shape index (κ3) is 4.34. The number of hydrogen-bond donors (Lipinski definition) is 0.